The molecular weight excluding hydrogens is 270 g/mol. The van der Waals surface area contributed by atoms with E-state index in [0.717, 1.165) is 6.42 Å². The number of ether oxygens (including phenoxy) is 2. The standard InChI is InChI=1S/C12H16ClN3O3/c1-3-9-11(13)19-5-4-16(9)10-6-8(12(17)18-2)14-7-15-10/h6-7,9,11H,3-5H2,1-2H3/t9-,11+/m0/s1. The van der Waals surface area contributed by atoms with Crippen molar-refractivity contribution in [2.75, 3.05) is 25.2 Å². The van der Waals surface area contributed by atoms with Crippen LogP contribution in [0.4, 0.5) is 5.82 Å². The SMILES string of the molecule is CC[C@H]1[C@H](Cl)OCCN1c1cc(C(=O)OC)ncn1. The molecule has 0 radical (unpaired) electrons. The lowest BCUT2D eigenvalue weighted by Crippen LogP contribution is -2.49. The molecule has 0 aliphatic carbocycles. The fourth-order valence-corrected chi connectivity index (χ4v) is 2.50. The van der Waals surface area contributed by atoms with E-state index in [9.17, 15) is 4.79 Å². The minimum atomic E-state index is -0.479. The highest BCUT2D eigenvalue weighted by molar-refractivity contribution is 6.20. The molecule has 1 aromatic rings. The Morgan fingerprint density at radius 3 is 3.11 bits per heavy atom. The molecule has 1 aliphatic rings. The number of morpholine rings is 1. The Morgan fingerprint density at radius 1 is 1.63 bits per heavy atom. The normalized spacial score (nSPS) is 23.2. The topological polar surface area (TPSA) is 64.5 Å². The molecule has 104 valence electrons. The molecule has 0 saturated carbocycles. The van der Waals surface area contributed by atoms with Crippen molar-refractivity contribution in [3.63, 3.8) is 0 Å². The molecule has 1 fully saturated rings. The molecular formula is C12H16ClN3O3. The summed E-state index contributed by atoms with van der Waals surface area (Å²) in [4.78, 5) is 21.6. The van der Waals surface area contributed by atoms with E-state index in [1.54, 1.807) is 6.07 Å². The molecule has 6 nitrogen and oxygen atoms in total. The Bertz CT molecular complexity index is 458. The number of carbonyl (C=O) groups excluding carboxylic acids is 1. The number of halogens is 1. The molecule has 19 heavy (non-hydrogen) atoms. The zero-order chi connectivity index (χ0) is 13.8. The number of anilines is 1. The maximum Gasteiger partial charge on any atom is 0.356 e. The molecule has 0 amide bonds. The second-order valence-electron chi connectivity index (χ2n) is 4.14. The zero-order valence-corrected chi connectivity index (χ0v) is 11.6. The summed E-state index contributed by atoms with van der Waals surface area (Å²) in [5.74, 6) is 0.184. The van der Waals surface area contributed by atoms with Crippen LogP contribution in [0, 0.1) is 0 Å². The molecule has 1 aromatic heterocycles. The first kappa shape index (κ1) is 14.0. The summed E-state index contributed by atoms with van der Waals surface area (Å²) < 4.78 is 10.1. The van der Waals surface area contributed by atoms with Crippen molar-refractivity contribution in [1.29, 1.82) is 0 Å². The number of carbonyl (C=O) groups is 1. The second kappa shape index (κ2) is 6.16. The molecule has 0 aromatic carbocycles. The summed E-state index contributed by atoms with van der Waals surface area (Å²) in [5, 5.41) is 0. The lowest BCUT2D eigenvalue weighted by atomic mass is 10.1. The smallest absolute Gasteiger partial charge is 0.356 e. The number of hydrogen-bond donors (Lipinski definition) is 0. The third-order valence-electron chi connectivity index (χ3n) is 3.07. The molecule has 0 N–H and O–H groups in total. The van der Waals surface area contributed by atoms with Crippen molar-refractivity contribution in [1.82, 2.24) is 9.97 Å². The Hall–Kier alpha value is -1.40. The Balaban J connectivity index is 2.27. The summed E-state index contributed by atoms with van der Waals surface area (Å²) >= 11 is 6.16. The quantitative estimate of drug-likeness (QED) is 0.618. The van der Waals surface area contributed by atoms with Crippen LogP contribution in [0.5, 0.6) is 0 Å². The van der Waals surface area contributed by atoms with Crippen LogP contribution in [0.15, 0.2) is 12.4 Å². The van der Waals surface area contributed by atoms with Gasteiger partial charge in [0, 0.05) is 12.6 Å². The van der Waals surface area contributed by atoms with Gasteiger partial charge in [0.25, 0.3) is 0 Å². The van der Waals surface area contributed by atoms with Gasteiger partial charge >= 0.3 is 5.97 Å². The molecule has 1 saturated heterocycles. The van der Waals surface area contributed by atoms with Crippen molar-refractivity contribution < 1.29 is 14.3 Å². The van der Waals surface area contributed by atoms with Crippen molar-refractivity contribution >= 4 is 23.4 Å². The Kier molecular flexibility index (Phi) is 4.55. The lowest BCUT2D eigenvalue weighted by Gasteiger charge is -2.39. The predicted octanol–water partition coefficient (Wildman–Crippen LogP) is 1.44. The number of hydrogen-bond acceptors (Lipinski definition) is 6. The van der Waals surface area contributed by atoms with Gasteiger partial charge in [-0.25, -0.2) is 14.8 Å². The summed E-state index contributed by atoms with van der Waals surface area (Å²) in [7, 11) is 1.32. The average molecular weight is 286 g/mol. The first-order chi connectivity index (χ1) is 9.17. The first-order valence-electron chi connectivity index (χ1n) is 6.10. The third kappa shape index (κ3) is 2.96. The van der Waals surface area contributed by atoms with E-state index in [4.69, 9.17) is 16.3 Å². The van der Waals surface area contributed by atoms with Crippen molar-refractivity contribution in [3.8, 4) is 0 Å². The maximum atomic E-state index is 11.5. The van der Waals surface area contributed by atoms with Crippen molar-refractivity contribution in [2.24, 2.45) is 0 Å². The lowest BCUT2D eigenvalue weighted by molar-refractivity contribution is 0.0592. The van der Waals surface area contributed by atoms with E-state index < -0.39 is 5.97 Å². The fourth-order valence-electron chi connectivity index (χ4n) is 2.09. The minimum absolute atomic E-state index is 0.0239. The highest BCUT2D eigenvalue weighted by atomic mass is 35.5. The predicted molar refractivity (Wildman–Crippen MR) is 70.4 cm³/mol. The van der Waals surface area contributed by atoms with Crippen LogP contribution >= 0.6 is 11.6 Å². The summed E-state index contributed by atoms with van der Waals surface area (Å²) in [6, 6.07) is 1.64. The van der Waals surface area contributed by atoms with Crippen LogP contribution in [-0.4, -0.2) is 47.8 Å². The molecule has 1 aliphatic heterocycles. The van der Waals surface area contributed by atoms with Crippen LogP contribution in [0.1, 0.15) is 23.8 Å². The number of nitrogens with zero attached hydrogens (tertiary/aromatic N) is 3. The molecule has 2 rings (SSSR count). The van der Waals surface area contributed by atoms with Gasteiger partial charge in [-0.1, -0.05) is 18.5 Å². The van der Waals surface area contributed by atoms with E-state index in [-0.39, 0.29) is 17.3 Å². The van der Waals surface area contributed by atoms with E-state index in [1.165, 1.54) is 13.4 Å². The molecule has 0 spiro atoms. The van der Waals surface area contributed by atoms with E-state index >= 15 is 0 Å². The largest absolute Gasteiger partial charge is 0.464 e. The summed E-state index contributed by atoms with van der Waals surface area (Å²) in [5.41, 5.74) is -0.143. The van der Waals surface area contributed by atoms with E-state index in [1.807, 2.05) is 11.8 Å². The molecule has 0 unspecified atom stereocenters. The summed E-state index contributed by atoms with van der Waals surface area (Å²) in [6.07, 6.45) is 2.18. The van der Waals surface area contributed by atoms with Crippen LogP contribution in [0.3, 0.4) is 0 Å². The van der Waals surface area contributed by atoms with Gasteiger partial charge in [0.2, 0.25) is 0 Å². The molecule has 7 heteroatoms. The van der Waals surface area contributed by atoms with Gasteiger partial charge in [-0.15, -0.1) is 0 Å². The average Bonchev–Trinajstić information content (AvgIpc) is 2.46. The number of alkyl halides is 1. The second-order valence-corrected chi connectivity index (χ2v) is 4.57. The third-order valence-corrected chi connectivity index (χ3v) is 3.49. The van der Waals surface area contributed by atoms with Gasteiger partial charge in [-0.2, -0.15) is 0 Å². The first-order valence-corrected chi connectivity index (χ1v) is 6.53. The van der Waals surface area contributed by atoms with Crippen molar-refractivity contribution in [3.05, 3.63) is 18.1 Å². The number of esters is 1. The van der Waals surface area contributed by atoms with Gasteiger partial charge < -0.3 is 14.4 Å². The number of rotatable bonds is 3. The monoisotopic (exact) mass is 285 g/mol. The van der Waals surface area contributed by atoms with Gasteiger partial charge in [-0.05, 0) is 6.42 Å². The minimum Gasteiger partial charge on any atom is -0.464 e. The molecule has 2 atom stereocenters. The molecule has 0 bridgehead atoms. The van der Waals surface area contributed by atoms with Gasteiger partial charge in [-0.3, -0.25) is 0 Å². The highest BCUT2D eigenvalue weighted by Gasteiger charge is 2.30. The van der Waals surface area contributed by atoms with Crippen LogP contribution in [0.25, 0.3) is 0 Å². The van der Waals surface area contributed by atoms with Gasteiger partial charge in [0.05, 0.1) is 19.8 Å². The van der Waals surface area contributed by atoms with Crippen LogP contribution < -0.4 is 4.90 Å². The maximum absolute atomic E-state index is 11.5. The molecule has 2 heterocycles. The number of methoxy groups -OCH3 is 1. The Labute approximate surface area is 116 Å². The highest BCUT2D eigenvalue weighted by Crippen LogP contribution is 2.25. The number of aromatic nitrogens is 2. The van der Waals surface area contributed by atoms with Gasteiger partial charge in [0.15, 0.2) is 11.3 Å². The fraction of sp³-hybridized carbons (Fsp3) is 0.583. The Morgan fingerprint density at radius 2 is 2.42 bits per heavy atom. The van der Waals surface area contributed by atoms with Gasteiger partial charge in [0.1, 0.15) is 12.1 Å². The van der Waals surface area contributed by atoms with E-state index in [0.29, 0.717) is 19.0 Å². The summed E-state index contributed by atoms with van der Waals surface area (Å²) in [6.45, 7) is 3.24. The zero-order valence-electron chi connectivity index (χ0n) is 10.9. The van der Waals surface area contributed by atoms with Crippen LogP contribution in [-0.2, 0) is 9.47 Å². The van der Waals surface area contributed by atoms with Crippen molar-refractivity contribution in [2.45, 2.75) is 24.9 Å². The van der Waals surface area contributed by atoms with E-state index in [2.05, 4.69) is 14.7 Å². The van der Waals surface area contributed by atoms with Crippen LogP contribution in [0.2, 0.25) is 0 Å².